The molecule has 0 radical (unpaired) electrons. The molecule has 1 aromatic rings. The molecule has 1 atom stereocenters. The molecule has 0 saturated carbocycles. The number of rotatable bonds is 4. The fourth-order valence-electron chi connectivity index (χ4n) is 1.16. The lowest BCUT2D eigenvalue weighted by atomic mass is 10.2. The first-order valence-corrected chi connectivity index (χ1v) is 6.16. The van der Waals surface area contributed by atoms with Crippen LogP contribution in [-0.4, -0.2) is 11.9 Å². The number of benzene rings is 1. The zero-order valence-electron chi connectivity index (χ0n) is 8.97. The van der Waals surface area contributed by atoms with Crippen molar-refractivity contribution in [2.24, 2.45) is 5.73 Å². The van der Waals surface area contributed by atoms with Crippen molar-refractivity contribution in [2.75, 3.05) is 5.32 Å². The van der Waals surface area contributed by atoms with Gasteiger partial charge in [-0.25, -0.2) is 0 Å². The van der Waals surface area contributed by atoms with Crippen LogP contribution in [0.25, 0.3) is 0 Å². The molecule has 0 saturated heterocycles. The van der Waals surface area contributed by atoms with E-state index in [0.29, 0.717) is 17.9 Å². The second-order valence-corrected chi connectivity index (χ2v) is 4.95. The van der Waals surface area contributed by atoms with Crippen LogP contribution >= 0.6 is 27.5 Å². The second-order valence-electron chi connectivity index (χ2n) is 3.69. The third kappa shape index (κ3) is 4.51. The second kappa shape index (κ2) is 6.23. The fourth-order valence-corrected chi connectivity index (χ4v) is 1.65. The van der Waals surface area contributed by atoms with Gasteiger partial charge < -0.3 is 11.1 Å². The summed E-state index contributed by atoms with van der Waals surface area (Å²) >= 11 is 9.14. The predicted molar refractivity (Wildman–Crippen MR) is 70.7 cm³/mol. The largest absolute Gasteiger partial charge is 0.328 e. The normalized spacial score (nSPS) is 12.2. The number of hydrogen-bond donors (Lipinski definition) is 2. The Balaban J connectivity index is 2.53. The van der Waals surface area contributed by atoms with Gasteiger partial charge in [0.05, 0.1) is 5.02 Å². The van der Waals surface area contributed by atoms with Crippen molar-refractivity contribution in [1.82, 2.24) is 0 Å². The van der Waals surface area contributed by atoms with Crippen LogP contribution in [-0.2, 0) is 4.79 Å². The number of amides is 1. The standard InChI is InChI=1S/C11H14BrClN2O/c1-7(14)2-5-11(16)15-8-3-4-10(13)9(12)6-8/h3-4,6-7H,2,5,14H2,1H3,(H,15,16). The topological polar surface area (TPSA) is 55.1 Å². The first-order valence-electron chi connectivity index (χ1n) is 4.99. The van der Waals surface area contributed by atoms with Crippen LogP contribution in [0, 0.1) is 0 Å². The van der Waals surface area contributed by atoms with E-state index in [1.807, 2.05) is 6.92 Å². The molecule has 88 valence electrons. The molecule has 0 fully saturated rings. The highest BCUT2D eigenvalue weighted by molar-refractivity contribution is 9.10. The van der Waals surface area contributed by atoms with Gasteiger partial charge in [0.2, 0.25) is 5.91 Å². The molecular weight excluding hydrogens is 291 g/mol. The van der Waals surface area contributed by atoms with Crippen molar-refractivity contribution in [2.45, 2.75) is 25.8 Å². The maximum Gasteiger partial charge on any atom is 0.224 e. The lowest BCUT2D eigenvalue weighted by molar-refractivity contribution is -0.116. The van der Waals surface area contributed by atoms with Gasteiger partial charge in [0.15, 0.2) is 0 Å². The van der Waals surface area contributed by atoms with E-state index in [2.05, 4.69) is 21.2 Å². The number of nitrogens with one attached hydrogen (secondary N) is 1. The molecule has 1 amide bonds. The Morgan fingerprint density at radius 1 is 1.62 bits per heavy atom. The van der Waals surface area contributed by atoms with Gasteiger partial charge in [-0.1, -0.05) is 11.6 Å². The highest BCUT2D eigenvalue weighted by Crippen LogP contribution is 2.25. The minimum Gasteiger partial charge on any atom is -0.328 e. The maximum absolute atomic E-state index is 11.5. The van der Waals surface area contributed by atoms with Crippen molar-refractivity contribution < 1.29 is 4.79 Å². The molecule has 1 unspecified atom stereocenters. The molecule has 0 bridgehead atoms. The summed E-state index contributed by atoms with van der Waals surface area (Å²) in [7, 11) is 0. The van der Waals surface area contributed by atoms with Crippen molar-refractivity contribution in [3.8, 4) is 0 Å². The highest BCUT2D eigenvalue weighted by Gasteiger charge is 2.05. The summed E-state index contributed by atoms with van der Waals surface area (Å²) in [5.74, 6) is -0.0356. The quantitative estimate of drug-likeness (QED) is 0.897. The maximum atomic E-state index is 11.5. The number of hydrogen-bond acceptors (Lipinski definition) is 2. The molecule has 0 aliphatic heterocycles. The number of nitrogens with two attached hydrogens (primary N) is 1. The van der Waals surface area contributed by atoms with Gasteiger partial charge >= 0.3 is 0 Å². The summed E-state index contributed by atoms with van der Waals surface area (Å²) < 4.78 is 0.763. The molecule has 3 nitrogen and oxygen atoms in total. The Bertz CT molecular complexity index is 382. The Kier molecular flexibility index (Phi) is 5.25. The Labute approximate surface area is 108 Å². The molecule has 3 N–H and O–H groups in total. The SMILES string of the molecule is CC(N)CCC(=O)Nc1ccc(Cl)c(Br)c1. The van der Waals surface area contributed by atoms with Crippen LogP contribution < -0.4 is 11.1 Å². The molecule has 0 spiro atoms. The van der Waals surface area contributed by atoms with E-state index in [1.165, 1.54) is 0 Å². The van der Waals surface area contributed by atoms with Crippen molar-refractivity contribution >= 4 is 39.1 Å². The molecule has 0 heterocycles. The van der Waals surface area contributed by atoms with E-state index in [0.717, 1.165) is 10.2 Å². The summed E-state index contributed by atoms with van der Waals surface area (Å²) in [5.41, 5.74) is 6.30. The average Bonchev–Trinajstić information content (AvgIpc) is 2.21. The summed E-state index contributed by atoms with van der Waals surface area (Å²) in [4.78, 5) is 11.5. The average molecular weight is 306 g/mol. The summed E-state index contributed by atoms with van der Waals surface area (Å²) in [6.07, 6.45) is 1.11. The van der Waals surface area contributed by atoms with Crippen molar-refractivity contribution in [1.29, 1.82) is 0 Å². The number of anilines is 1. The molecule has 0 aliphatic carbocycles. The highest BCUT2D eigenvalue weighted by atomic mass is 79.9. The first kappa shape index (κ1) is 13.5. The summed E-state index contributed by atoms with van der Waals surface area (Å²) in [5, 5.41) is 3.40. The lowest BCUT2D eigenvalue weighted by Crippen LogP contribution is -2.19. The van der Waals surface area contributed by atoms with Gasteiger partial charge in [-0.3, -0.25) is 4.79 Å². The van der Waals surface area contributed by atoms with Gasteiger partial charge in [0.1, 0.15) is 0 Å². The zero-order valence-corrected chi connectivity index (χ0v) is 11.3. The van der Waals surface area contributed by atoms with Crippen molar-refractivity contribution in [3.05, 3.63) is 27.7 Å². The van der Waals surface area contributed by atoms with Crippen LogP contribution in [0.5, 0.6) is 0 Å². The van der Waals surface area contributed by atoms with Gasteiger partial charge in [0.25, 0.3) is 0 Å². The van der Waals surface area contributed by atoms with E-state index < -0.39 is 0 Å². The lowest BCUT2D eigenvalue weighted by Gasteiger charge is -2.07. The first-order chi connectivity index (χ1) is 7.49. The monoisotopic (exact) mass is 304 g/mol. The minimum atomic E-state index is -0.0356. The van der Waals surface area contributed by atoms with E-state index in [9.17, 15) is 4.79 Å². The number of carbonyl (C=O) groups is 1. The van der Waals surface area contributed by atoms with Gasteiger partial charge in [-0.2, -0.15) is 0 Å². The van der Waals surface area contributed by atoms with Crippen LogP contribution in [0.1, 0.15) is 19.8 Å². The third-order valence-corrected chi connectivity index (χ3v) is 3.24. The van der Waals surface area contributed by atoms with E-state index in [1.54, 1.807) is 18.2 Å². The van der Waals surface area contributed by atoms with E-state index >= 15 is 0 Å². The smallest absolute Gasteiger partial charge is 0.224 e. The van der Waals surface area contributed by atoms with Crippen LogP contribution in [0.2, 0.25) is 5.02 Å². The molecule has 16 heavy (non-hydrogen) atoms. The van der Waals surface area contributed by atoms with E-state index in [4.69, 9.17) is 17.3 Å². The van der Waals surface area contributed by atoms with Gasteiger partial charge in [-0.05, 0) is 47.5 Å². The molecule has 5 heteroatoms. The Morgan fingerprint density at radius 3 is 2.88 bits per heavy atom. The third-order valence-electron chi connectivity index (χ3n) is 2.03. The fraction of sp³-hybridized carbons (Fsp3) is 0.364. The number of carbonyl (C=O) groups excluding carboxylic acids is 1. The molecule has 0 aliphatic rings. The summed E-state index contributed by atoms with van der Waals surface area (Å²) in [6.45, 7) is 1.88. The minimum absolute atomic E-state index is 0.0356. The van der Waals surface area contributed by atoms with Crippen LogP contribution in [0.3, 0.4) is 0 Å². The molecular formula is C11H14BrClN2O. The molecule has 1 aromatic carbocycles. The summed E-state index contributed by atoms with van der Waals surface area (Å²) in [6, 6.07) is 5.30. The van der Waals surface area contributed by atoms with Gasteiger partial charge in [-0.15, -0.1) is 0 Å². The molecule has 1 rings (SSSR count). The molecule has 0 aromatic heterocycles. The van der Waals surface area contributed by atoms with Crippen LogP contribution in [0.15, 0.2) is 22.7 Å². The zero-order chi connectivity index (χ0) is 12.1. The Morgan fingerprint density at radius 2 is 2.31 bits per heavy atom. The van der Waals surface area contributed by atoms with Gasteiger partial charge in [0, 0.05) is 22.6 Å². The predicted octanol–water partition coefficient (Wildman–Crippen LogP) is 3.17. The van der Waals surface area contributed by atoms with Crippen molar-refractivity contribution in [3.63, 3.8) is 0 Å². The number of halogens is 2. The Hall–Kier alpha value is -0.580. The van der Waals surface area contributed by atoms with E-state index in [-0.39, 0.29) is 11.9 Å². The van der Waals surface area contributed by atoms with Crippen LogP contribution in [0.4, 0.5) is 5.69 Å².